The summed E-state index contributed by atoms with van der Waals surface area (Å²) in [6, 6.07) is 5.19. The highest BCUT2D eigenvalue weighted by molar-refractivity contribution is 7.16. The molecule has 0 aromatic carbocycles. The van der Waals surface area contributed by atoms with E-state index in [0.29, 0.717) is 12.1 Å². The van der Waals surface area contributed by atoms with Gasteiger partial charge in [0.05, 0.1) is 4.34 Å². The van der Waals surface area contributed by atoms with Crippen LogP contribution in [0.15, 0.2) is 12.1 Å². The predicted molar refractivity (Wildman–Crippen MR) is 79.1 cm³/mol. The van der Waals surface area contributed by atoms with Gasteiger partial charge in [-0.2, -0.15) is 0 Å². The zero-order valence-electron chi connectivity index (χ0n) is 11.1. The van der Waals surface area contributed by atoms with Gasteiger partial charge in [-0.05, 0) is 31.9 Å². The van der Waals surface area contributed by atoms with E-state index in [0.717, 1.165) is 4.34 Å². The molecule has 1 aromatic heterocycles. The van der Waals surface area contributed by atoms with E-state index in [4.69, 9.17) is 11.6 Å². The van der Waals surface area contributed by atoms with Crippen molar-refractivity contribution >= 4 is 22.9 Å². The fourth-order valence-electron chi connectivity index (χ4n) is 2.11. The molecule has 1 rings (SSSR count). The Labute approximate surface area is 115 Å². The maximum Gasteiger partial charge on any atom is 0.0931 e. The lowest BCUT2D eigenvalue weighted by molar-refractivity contribution is 0.398. The molecule has 1 heterocycles. The van der Waals surface area contributed by atoms with Crippen LogP contribution in [0.3, 0.4) is 0 Å². The van der Waals surface area contributed by atoms with Crippen molar-refractivity contribution < 1.29 is 0 Å². The van der Waals surface area contributed by atoms with Crippen LogP contribution in [0.4, 0.5) is 0 Å². The van der Waals surface area contributed by atoms with Gasteiger partial charge in [0, 0.05) is 17.0 Å². The molecule has 0 fully saturated rings. The van der Waals surface area contributed by atoms with E-state index in [1.165, 1.54) is 37.0 Å². The molecule has 0 aliphatic rings. The van der Waals surface area contributed by atoms with Crippen LogP contribution >= 0.6 is 22.9 Å². The summed E-state index contributed by atoms with van der Waals surface area (Å²) in [5, 5.41) is 3.73. The second-order valence-electron chi connectivity index (χ2n) is 4.66. The quantitative estimate of drug-likeness (QED) is 0.668. The van der Waals surface area contributed by atoms with Crippen LogP contribution in [-0.4, -0.2) is 6.04 Å². The van der Waals surface area contributed by atoms with Crippen LogP contribution in [-0.2, 0) is 0 Å². The third kappa shape index (κ3) is 5.41. The molecule has 2 unspecified atom stereocenters. The van der Waals surface area contributed by atoms with Crippen molar-refractivity contribution in [2.75, 3.05) is 0 Å². The van der Waals surface area contributed by atoms with Crippen molar-refractivity contribution in [2.24, 2.45) is 0 Å². The SMILES string of the molecule is CCCCC(CCC)NC(C)c1ccc(Cl)s1. The lowest BCUT2D eigenvalue weighted by Gasteiger charge is -2.22. The average molecular weight is 274 g/mol. The van der Waals surface area contributed by atoms with Crippen molar-refractivity contribution in [3.63, 3.8) is 0 Å². The van der Waals surface area contributed by atoms with E-state index in [1.807, 2.05) is 6.07 Å². The van der Waals surface area contributed by atoms with Gasteiger partial charge in [0.15, 0.2) is 0 Å². The van der Waals surface area contributed by atoms with E-state index in [2.05, 4.69) is 32.2 Å². The minimum Gasteiger partial charge on any atom is -0.307 e. The van der Waals surface area contributed by atoms with Crippen molar-refractivity contribution in [3.05, 3.63) is 21.3 Å². The largest absolute Gasteiger partial charge is 0.307 e. The highest BCUT2D eigenvalue weighted by Crippen LogP contribution is 2.27. The number of hydrogen-bond donors (Lipinski definition) is 1. The van der Waals surface area contributed by atoms with Gasteiger partial charge in [-0.25, -0.2) is 0 Å². The number of nitrogens with one attached hydrogen (secondary N) is 1. The molecule has 1 nitrogen and oxygen atoms in total. The molecule has 17 heavy (non-hydrogen) atoms. The number of unbranched alkanes of at least 4 members (excludes halogenated alkanes) is 1. The Morgan fingerprint density at radius 2 is 2.00 bits per heavy atom. The molecule has 1 N–H and O–H groups in total. The smallest absolute Gasteiger partial charge is 0.0931 e. The normalized spacial score (nSPS) is 14.8. The van der Waals surface area contributed by atoms with Crippen LogP contribution in [0.1, 0.15) is 63.8 Å². The number of thiophene rings is 1. The first kappa shape index (κ1) is 15.0. The van der Waals surface area contributed by atoms with Gasteiger partial charge in [0.1, 0.15) is 0 Å². The lowest BCUT2D eigenvalue weighted by Crippen LogP contribution is -2.31. The Balaban J connectivity index is 2.47. The van der Waals surface area contributed by atoms with Gasteiger partial charge >= 0.3 is 0 Å². The highest BCUT2D eigenvalue weighted by atomic mass is 35.5. The molecule has 0 saturated carbocycles. The Hall–Kier alpha value is -0.0500. The van der Waals surface area contributed by atoms with Crippen molar-refractivity contribution in [1.82, 2.24) is 5.32 Å². The molecule has 0 radical (unpaired) electrons. The van der Waals surface area contributed by atoms with Gasteiger partial charge < -0.3 is 5.32 Å². The fraction of sp³-hybridized carbons (Fsp3) is 0.714. The summed E-state index contributed by atoms with van der Waals surface area (Å²) in [4.78, 5) is 1.34. The van der Waals surface area contributed by atoms with E-state index in [-0.39, 0.29) is 0 Å². The second-order valence-corrected chi connectivity index (χ2v) is 6.40. The van der Waals surface area contributed by atoms with Crippen LogP contribution in [0.25, 0.3) is 0 Å². The molecule has 0 spiro atoms. The minimum atomic E-state index is 0.418. The summed E-state index contributed by atoms with van der Waals surface area (Å²) < 4.78 is 0.884. The standard InChI is InChI=1S/C14H24ClNS/c1-4-6-8-12(7-5-2)16-11(3)13-9-10-14(15)17-13/h9-12,16H,4-8H2,1-3H3. The molecule has 98 valence electrons. The molecular weight excluding hydrogens is 250 g/mol. The summed E-state index contributed by atoms with van der Waals surface area (Å²) in [6.07, 6.45) is 6.40. The average Bonchev–Trinajstić information content (AvgIpc) is 2.73. The van der Waals surface area contributed by atoms with Crippen LogP contribution in [0.2, 0.25) is 4.34 Å². The number of rotatable bonds is 8. The van der Waals surface area contributed by atoms with Crippen LogP contribution in [0, 0.1) is 0 Å². The first-order valence-corrected chi connectivity index (χ1v) is 7.88. The predicted octanol–water partition coefficient (Wildman–Crippen LogP) is 5.41. The summed E-state index contributed by atoms with van der Waals surface area (Å²) in [5.74, 6) is 0. The monoisotopic (exact) mass is 273 g/mol. The van der Waals surface area contributed by atoms with Crippen LogP contribution in [0.5, 0.6) is 0 Å². The summed E-state index contributed by atoms with van der Waals surface area (Å²) in [5.41, 5.74) is 0. The van der Waals surface area contributed by atoms with Crippen molar-refractivity contribution in [1.29, 1.82) is 0 Å². The number of hydrogen-bond acceptors (Lipinski definition) is 2. The van der Waals surface area contributed by atoms with Gasteiger partial charge in [-0.3, -0.25) is 0 Å². The minimum absolute atomic E-state index is 0.418. The Bertz CT molecular complexity index is 311. The lowest BCUT2D eigenvalue weighted by atomic mass is 10.0. The van der Waals surface area contributed by atoms with Crippen molar-refractivity contribution in [2.45, 2.75) is 65.0 Å². The molecule has 0 amide bonds. The highest BCUT2D eigenvalue weighted by Gasteiger charge is 2.13. The summed E-state index contributed by atoms with van der Waals surface area (Å²) in [7, 11) is 0. The van der Waals surface area contributed by atoms with Gasteiger partial charge in [0.25, 0.3) is 0 Å². The first-order chi connectivity index (χ1) is 8.17. The van der Waals surface area contributed by atoms with Crippen LogP contribution < -0.4 is 5.32 Å². The Morgan fingerprint density at radius 3 is 2.53 bits per heavy atom. The van der Waals surface area contributed by atoms with Crippen molar-refractivity contribution in [3.8, 4) is 0 Å². The topological polar surface area (TPSA) is 12.0 Å². The zero-order valence-corrected chi connectivity index (χ0v) is 12.7. The third-order valence-corrected chi connectivity index (χ3v) is 4.46. The first-order valence-electron chi connectivity index (χ1n) is 6.68. The molecule has 3 heteroatoms. The maximum atomic E-state index is 5.98. The van der Waals surface area contributed by atoms with E-state index in [9.17, 15) is 0 Å². The molecule has 0 bridgehead atoms. The van der Waals surface area contributed by atoms with E-state index < -0.39 is 0 Å². The second kappa shape index (κ2) is 8.12. The van der Waals surface area contributed by atoms with Gasteiger partial charge in [0.2, 0.25) is 0 Å². The maximum absolute atomic E-state index is 5.98. The molecule has 0 saturated heterocycles. The molecule has 0 aliphatic carbocycles. The molecule has 2 atom stereocenters. The molecule has 1 aromatic rings. The molecule has 0 aliphatic heterocycles. The zero-order chi connectivity index (χ0) is 12.7. The Morgan fingerprint density at radius 1 is 1.24 bits per heavy atom. The van der Waals surface area contributed by atoms with Gasteiger partial charge in [-0.1, -0.05) is 44.7 Å². The summed E-state index contributed by atoms with van der Waals surface area (Å²) >= 11 is 7.66. The van der Waals surface area contributed by atoms with E-state index in [1.54, 1.807) is 11.3 Å². The Kier molecular flexibility index (Phi) is 7.17. The van der Waals surface area contributed by atoms with Gasteiger partial charge in [-0.15, -0.1) is 11.3 Å². The summed E-state index contributed by atoms with van der Waals surface area (Å²) in [6.45, 7) is 6.75. The fourth-order valence-corrected chi connectivity index (χ4v) is 3.18. The third-order valence-electron chi connectivity index (χ3n) is 3.05. The number of halogens is 1. The van der Waals surface area contributed by atoms with E-state index >= 15 is 0 Å². The molecular formula is C14H24ClNS.